The minimum Gasteiger partial charge on any atom is -0.305 e. The highest BCUT2D eigenvalue weighted by atomic mass is 15.3. The summed E-state index contributed by atoms with van der Waals surface area (Å²) in [4.78, 5) is 0. The number of rotatable bonds is 4. The van der Waals surface area contributed by atoms with Crippen LogP contribution in [0.4, 0.5) is 0 Å². The molecule has 0 saturated carbocycles. The van der Waals surface area contributed by atoms with Gasteiger partial charge in [0.2, 0.25) is 0 Å². The Labute approximate surface area is 88.5 Å². The zero-order chi connectivity index (χ0) is 10.7. The monoisotopic (exact) mass is 205 g/mol. The SMILES string of the molecule is Cc1cc(CNCc2ccn(C)n2)n[nH]1. The molecule has 5 heteroatoms. The molecule has 2 heterocycles. The molecule has 80 valence electrons. The van der Waals surface area contributed by atoms with Gasteiger partial charge in [-0.2, -0.15) is 10.2 Å². The summed E-state index contributed by atoms with van der Waals surface area (Å²) >= 11 is 0. The smallest absolute Gasteiger partial charge is 0.0762 e. The normalized spacial score (nSPS) is 10.8. The van der Waals surface area contributed by atoms with Gasteiger partial charge in [-0.05, 0) is 19.1 Å². The molecule has 0 unspecified atom stereocenters. The number of aromatic amines is 1. The average Bonchev–Trinajstić information content (AvgIpc) is 2.76. The van der Waals surface area contributed by atoms with Gasteiger partial charge in [-0.1, -0.05) is 0 Å². The van der Waals surface area contributed by atoms with Crippen LogP contribution in [0.25, 0.3) is 0 Å². The summed E-state index contributed by atoms with van der Waals surface area (Å²) in [6, 6.07) is 4.04. The third kappa shape index (κ3) is 2.66. The van der Waals surface area contributed by atoms with E-state index < -0.39 is 0 Å². The molecule has 0 spiro atoms. The molecule has 0 aliphatic heterocycles. The summed E-state index contributed by atoms with van der Waals surface area (Å²) in [5.74, 6) is 0. The van der Waals surface area contributed by atoms with E-state index in [1.165, 1.54) is 0 Å². The molecule has 0 bridgehead atoms. The summed E-state index contributed by atoms with van der Waals surface area (Å²) in [6.45, 7) is 3.53. The minimum atomic E-state index is 0.765. The van der Waals surface area contributed by atoms with Gasteiger partial charge in [0, 0.05) is 32.0 Å². The zero-order valence-corrected chi connectivity index (χ0v) is 8.99. The van der Waals surface area contributed by atoms with Gasteiger partial charge < -0.3 is 5.32 Å². The molecular formula is C10H15N5. The van der Waals surface area contributed by atoms with Crippen LogP contribution < -0.4 is 5.32 Å². The van der Waals surface area contributed by atoms with Gasteiger partial charge in [0.15, 0.2) is 0 Å². The molecule has 2 aromatic heterocycles. The first-order chi connectivity index (χ1) is 7.24. The van der Waals surface area contributed by atoms with E-state index in [1.807, 2.05) is 32.3 Å². The van der Waals surface area contributed by atoms with Crippen LogP contribution in [0.5, 0.6) is 0 Å². The first-order valence-corrected chi connectivity index (χ1v) is 4.94. The van der Waals surface area contributed by atoms with Crippen molar-refractivity contribution in [3.05, 3.63) is 35.4 Å². The third-order valence-corrected chi connectivity index (χ3v) is 2.14. The minimum absolute atomic E-state index is 0.765. The van der Waals surface area contributed by atoms with Crippen LogP contribution in [0, 0.1) is 6.92 Å². The fourth-order valence-electron chi connectivity index (χ4n) is 1.44. The van der Waals surface area contributed by atoms with Crippen molar-refractivity contribution in [3.8, 4) is 0 Å². The number of hydrogen-bond donors (Lipinski definition) is 2. The van der Waals surface area contributed by atoms with Gasteiger partial charge in [0.25, 0.3) is 0 Å². The Hall–Kier alpha value is -1.62. The number of hydrogen-bond acceptors (Lipinski definition) is 3. The molecule has 0 radical (unpaired) electrons. The molecule has 2 aromatic rings. The predicted molar refractivity (Wildman–Crippen MR) is 57.1 cm³/mol. The van der Waals surface area contributed by atoms with Crippen molar-refractivity contribution in [2.45, 2.75) is 20.0 Å². The van der Waals surface area contributed by atoms with Gasteiger partial charge >= 0.3 is 0 Å². The first kappa shape index (κ1) is 9.92. The van der Waals surface area contributed by atoms with E-state index in [-0.39, 0.29) is 0 Å². The number of aromatic nitrogens is 4. The van der Waals surface area contributed by atoms with Crippen molar-refractivity contribution >= 4 is 0 Å². The van der Waals surface area contributed by atoms with Gasteiger partial charge in [-0.3, -0.25) is 9.78 Å². The van der Waals surface area contributed by atoms with Crippen molar-refractivity contribution in [1.29, 1.82) is 0 Å². The number of nitrogens with one attached hydrogen (secondary N) is 2. The third-order valence-electron chi connectivity index (χ3n) is 2.14. The van der Waals surface area contributed by atoms with Gasteiger partial charge in [-0.15, -0.1) is 0 Å². The first-order valence-electron chi connectivity index (χ1n) is 4.94. The molecule has 0 aliphatic rings. The van der Waals surface area contributed by atoms with E-state index in [4.69, 9.17) is 0 Å². The lowest BCUT2D eigenvalue weighted by atomic mass is 10.3. The van der Waals surface area contributed by atoms with Crippen molar-refractivity contribution in [2.75, 3.05) is 0 Å². The molecule has 0 amide bonds. The Morgan fingerprint density at radius 1 is 1.40 bits per heavy atom. The average molecular weight is 205 g/mol. The van der Waals surface area contributed by atoms with Crippen LogP contribution in [0.3, 0.4) is 0 Å². The highest BCUT2D eigenvalue weighted by Crippen LogP contribution is 1.98. The second-order valence-corrected chi connectivity index (χ2v) is 3.63. The molecule has 0 fully saturated rings. The van der Waals surface area contributed by atoms with Crippen LogP contribution in [0.2, 0.25) is 0 Å². The van der Waals surface area contributed by atoms with Crippen LogP contribution >= 0.6 is 0 Å². The number of aryl methyl sites for hydroxylation is 2. The molecule has 5 nitrogen and oxygen atoms in total. The maximum atomic E-state index is 4.27. The summed E-state index contributed by atoms with van der Waals surface area (Å²) < 4.78 is 1.80. The predicted octanol–water partition coefficient (Wildman–Crippen LogP) is 0.741. The Morgan fingerprint density at radius 2 is 2.20 bits per heavy atom. The molecular weight excluding hydrogens is 190 g/mol. The standard InChI is InChI=1S/C10H15N5/c1-8-5-10(13-12-8)7-11-6-9-3-4-15(2)14-9/h3-5,11H,6-7H2,1-2H3,(H,12,13). The van der Waals surface area contributed by atoms with Crippen molar-refractivity contribution in [2.24, 2.45) is 7.05 Å². The lowest BCUT2D eigenvalue weighted by molar-refractivity contribution is 0.646. The van der Waals surface area contributed by atoms with Crippen LogP contribution in [0.1, 0.15) is 17.1 Å². The van der Waals surface area contributed by atoms with E-state index in [9.17, 15) is 0 Å². The summed E-state index contributed by atoms with van der Waals surface area (Å²) in [5, 5.41) is 14.6. The van der Waals surface area contributed by atoms with E-state index in [0.29, 0.717) is 0 Å². The van der Waals surface area contributed by atoms with Gasteiger partial charge in [0.1, 0.15) is 0 Å². The second kappa shape index (κ2) is 4.27. The fourth-order valence-corrected chi connectivity index (χ4v) is 1.44. The zero-order valence-electron chi connectivity index (χ0n) is 8.99. The lowest BCUT2D eigenvalue weighted by Gasteiger charge is -1.98. The highest BCUT2D eigenvalue weighted by molar-refractivity contribution is 5.06. The Morgan fingerprint density at radius 3 is 2.80 bits per heavy atom. The second-order valence-electron chi connectivity index (χ2n) is 3.63. The number of nitrogens with zero attached hydrogens (tertiary/aromatic N) is 3. The van der Waals surface area contributed by atoms with E-state index in [0.717, 1.165) is 30.2 Å². The number of H-pyrrole nitrogens is 1. The van der Waals surface area contributed by atoms with Crippen LogP contribution in [0.15, 0.2) is 18.3 Å². The topological polar surface area (TPSA) is 58.5 Å². The molecule has 0 atom stereocenters. The van der Waals surface area contributed by atoms with Crippen molar-refractivity contribution in [3.63, 3.8) is 0 Å². The largest absolute Gasteiger partial charge is 0.305 e. The lowest BCUT2D eigenvalue weighted by Crippen LogP contribution is -2.13. The Balaban J connectivity index is 1.80. The molecule has 0 saturated heterocycles. The van der Waals surface area contributed by atoms with Gasteiger partial charge in [0.05, 0.1) is 11.4 Å². The van der Waals surface area contributed by atoms with Crippen LogP contribution in [-0.4, -0.2) is 20.0 Å². The summed E-state index contributed by atoms with van der Waals surface area (Å²) in [6.07, 6.45) is 1.94. The van der Waals surface area contributed by atoms with Gasteiger partial charge in [-0.25, -0.2) is 0 Å². The highest BCUT2D eigenvalue weighted by Gasteiger charge is 1.99. The Kier molecular flexibility index (Phi) is 2.82. The molecule has 0 aliphatic carbocycles. The maximum Gasteiger partial charge on any atom is 0.0762 e. The molecule has 2 rings (SSSR count). The van der Waals surface area contributed by atoms with Crippen molar-refractivity contribution < 1.29 is 0 Å². The molecule has 15 heavy (non-hydrogen) atoms. The Bertz CT molecular complexity index is 388. The van der Waals surface area contributed by atoms with Crippen molar-refractivity contribution in [1.82, 2.24) is 25.3 Å². The van der Waals surface area contributed by atoms with E-state index >= 15 is 0 Å². The summed E-state index contributed by atoms with van der Waals surface area (Å²) in [7, 11) is 1.92. The molecule has 2 N–H and O–H groups in total. The fraction of sp³-hybridized carbons (Fsp3) is 0.400. The summed E-state index contributed by atoms with van der Waals surface area (Å²) in [5.41, 5.74) is 3.16. The maximum absolute atomic E-state index is 4.27. The van der Waals surface area contributed by atoms with Crippen LogP contribution in [-0.2, 0) is 20.1 Å². The van der Waals surface area contributed by atoms with E-state index in [2.05, 4.69) is 20.6 Å². The molecule has 0 aromatic carbocycles. The quantitative estimate of drug-likeness (QED) is 0.774. The van der Waals surface area contributed by atoms with E-state index in [1.54, 1.807) is 4.68 Å².